The first-order chi connectivity index (χ1) is 7.50. The third-order valence-electron chi connectivity index (χ3n) is 2.20. The summed E-state index contributed by atoms with van der Waals surface area (Å²) in [6.07, 6.45) is 0. The van der Waals surface area contributed by atoms with Crippen LogP contribution in [-0.4, -0.2) is 34.9 Å². The standard InChI is InChI=1S/C11H14FNO3/c1-11(6-14,7-15)13-10(16)8-3-2-4-9(12)5-8/h2-5,14-15H,6-7H2,1H3,(H,13,16). The predicted octanol–water partition coefficient (Wildman–Crippen LogP) is 0.299. The van der Waals surface area contributed by atoms with Crippen molar-refractivity contribution in [2.75, 3.05) is 13.2 Å². The van der Waals surface area contributed by atoms with Gasteiger partial charge in [-0.05, 0) is 25.1 Å². The minimum atomic E-state index is -1.11. The average molecular weight is 227 g/mol. The fourth-order valence-electron chi connectivity index (χ4n) is 1.11. The molecule has 88 valence electrons. The van der Waals surface area contributed by atoms with Crippen molar-refractivity contribution in [3.05, 3.63) is 35.6 Å². The zero-order valence-corrected chi connectivity index (χ0v) is 8.90. The lowest BCUT2D eigenvalue weighted by molar-refractivity contribution is 0.0723. The summed E-state index contributed by atoms with van der Waals surface area (Å²) in [6, 6.07) is 5.19. The van der Waals surface area contributed by atoms with E-state index in [-0.39, 0.29) is 5.56 Å². The monoisotopic (exact) mass is 227 g/mol. The van der Waals surface area contributed by atoms with E-state index in [0.717, 1.165) is 6.07 Å². The maximum absolute atomic E-state index is 12.8. The Morgan fingerprint density at radius 3 is 2.56 bits per heavy atom. The van der Waals surface area contributed by atoms with Crippen LogP contribution in [0.1, 0.15) is 17.3 Å². The van der Waals surface area contributed by atoms with Crippen molar-refractivity contribution >= 4 is 5.91 Å². The number of hydrogen-bond donors (Lipinski definition) is 3. The molecule has 0 saturated carbocycles. The first-order valence-electron chi connectivity index (χ1n) is 4.80. The smallest absolute Gasteiger partial charge is 0.251 e. The first-order valence-corrected chi connectivity index (χ1v) is 4.80. The molecule has 0 aliphatic carbocycles. The van der Waals surface area contributed by atoms with Crippen molar-refractivity contribution in [3.63, 3.8) is 0 Å². The van der Waals surface area contributed by atoms with Gasteiger partial charge in [-0.3, -0.25) is 4.79 Å². The van der Waals surface area contributed by atoms with Crippen LogP contribution in [0.2, 0.25) is 0 Å². The number of carbonyl (C=O) groups excluding carboxylic acids is 1. The Bertz CT molecular complexity index is 377. The lowest BCUT2D eigenvalue weighted by Crippen LogP contribution is -2.51. The molecule has 4 nitrogen and oxygen atoms in total. The Balaban J connectivity index is 2.80. The molecule has 1 rings (SSSR count). The highest BCUT2D eigenvalue weighted by Gasteiger charge is 2.25. The number of rotatable bonds is 4. The summed E-state index contributed by atoms with van der Waals surface area (Å²) < 4.78 is 12.8. The topological polar surface area (TPSA) is 69.6 Å². The SMILES string of the molecule is CC(CO)(CO)NC(=O)c1cccc(F)c1. The van der Waals surface area contributed by atoms with E-state index in [2.05, 4.69) is 5.32 Å². The Morgan fingerprint density at radius 2 is 2.06 bits per heavy atom. The van der Waals surface area contributed by atoms with Crippen molar-refractivity contribution in [2.45, 2.75) is 12.5 Å². The van der Waals surface area contributed by atoms with Crippen LogP contribution in [-0.2, 0) is 0 Å². The molecule has 0 fully saturated rings. The number of amides is 1. The molecular formula is C11H14FNO3. The first kappa shape index (κ1) is 12.6. The summed E-state index contributed by atoms with van der Waals surface area (Å²) in [4.78, 5) is 11.6. The summed E-state index contributed by atoms with van der Waals surface area (Å²) in [7, 11) is 0. The van der Waals surface area contributed by atoms with Gasteiger partial charge in [-0.2, -0.15) is 0 Å². The fourth-order valence-corrected chi connectivity index (χ4v) is 1.11. The summed E-state index contributed by atoms with van der Waals surface area (Å²) >= 11 is 0. The molecule has 0 atom stereocenters. The van der Waals surface area contributed by atoms with Crippen LogP contribution in [0.5, 0.6) is 0 Å². The van der Waals surface area contributed by atoms with Crippen LogP contribution in [0.15, 0.2) is 24.3 Å². The van der Waals surface area contributed by atoms with Crippen LogP contribution < -0.4 is 5.32 Å². The summed E-state index contributed by atoms with van der Waals surface area (Å²) in [5.74, 6) is -1.05. The van der Waals surface area contributed by atoms with Crippen molar-refractivity contribution in [2.24, 2.45) is 0 Å². The molecule has 0 heterocycles. The van der Waals surface area contributed by atoms with Crippen molar-refractivity contribution in [1.29, 1.82) is 0 Å². The number of hydrogen-bond acceptors (Lipinski definition) is 3. The number of aliphatic hydroxyl groups is 2. The molecule has 0 radical (unpaired) electrons. The predicted molar refractivity (Wildman–Crippen MR) is 56.4 cm³/mol. The number of carbonyl (C=O) groups is 1. The fraction of sp³-hybridized carbons (Fsp3) is 0.364. The van der Waals surface area contributed by atoms with Gasteiger partial charge < -0.3 is 15.5 Å². The molecular weight excluding hydrogens is 213 g/mol. The third-order valence-corrected chi connectivity index (χ3v) is 2.20. The number of nitrogens with one attached hydrogen (secondary N) is 1. The molecule has 0 bridgehead atoms. The molecule has 0 unspecified atom stereocenters. The summed E-state index contributed by atoms with van der Waals surface area (Å²) in [5, 5.41) is 20.4. The highest BCUT2D eigenvalue weighted by Crippen LogP contribution is 2.07. The van der Waals surface area contributed by atoms with E-state index < -0.39 is 30.5 Å². The van der Waals surface area contributed by atoms with Gasteiger partial charge in [0, 0.05) is 5.56 Å². The van der Waals surface area contributed by atoms with E-state index in [0.29, 0.717) is 0 Å². The highest BCUT2D eigenvalue weighted by molar-refractivity contribution is 5.94. The molecule has 0 aliphatic rings. The largest absolute Gasteiger partial charge is 0.394 e. The van der Waals surface area contributed by atoms with Crippen LogP contribution in [0.3, 0.4) is 0 Å². The second kappa shape index (κ2) is 5.05. The zero-order valence-electron chi connectivity index (χ0n) is 8.90. The van der Waals surface area contributed by atoms with Gasteiger partial charge in [0.1, 0.15) is 5.82 Å². The Morgan fingerprint density at radius 1 is 1.44 bits per heavy atom. The minimum absolute atomic E-state index is 0.146. The Kier molecular flexibility index (Phi) is 3.98. The van der Waals surface area contributed by atoms with Gasteiger partial charge in [0.05, 0.1) is 18.8 Å². The van der Waals surface area contributed by atoms with E-state index >= 15 is 0 Å². The maximum Gasteiger partial charge on any atom is 0.251 e. The molecule has 16 heavy (non-hydrogen) atoms. The van der Waals surface area contributed by atoms with Crippen molar-refractivity contribution in [1.82, 2.24) is 5.32 Å². The molecule has 0 aliphatic heterocycles. The van der Waals surface area contributed by atoms with Gasteiger partial charge in [0.15, 0.2) is 0 Å². The molecule has 0 spiro atoms. The number of benzene rings is 1. The van der Waals surface area contributed by atoms with Gasteiger partial charge in [0.2, 0.25) is 0 Å². The maximum atomic E-state index is 12.8. The van der Waals surface area contributed by atoms with E-state index in [4.69, 9.17) is 10.2 Å². The molecule has 5 heteroatoms. The third kappa shape index (κ3) is 3.01. The van der Waals surface area contributed by atoms with E-state index in [9.17, 15) is 9.18 Å². The van der Waals surface area contributed by atoms with Gasteiger partial charge >= 0.3 is 0 Å². The van der Waals surface area contributed by atoms with Crippen molar-refractivity contribution in [3.8, 4) is 0 Å². The Labute approximate surface area is 92.7 Å². The van der Waals surface area contributed by atoms with Crippen LogP contribution >= 0.6 is 0 Å². The Hall–Kier alpha value is -1.46. The van der Waals surface area contributed by atoms with Gasteiger partial charge in [-0.15, -0.1) is 0 Å². The van der Waals surface area contributed by atoms with Crippen LogP contribution in [0.4, 0.5) is 4.39 Å². The molecule has 0 saturated heterocycles. The van der Waals surface area contributed by atoms with Gasteiger partial charge in [-0.25, -0.2) is 4.39 Å². The van der Waals surface area contributed by atoms with Crippen molar-refractivity contribution < 1.29 is 19.4 Å². The minimum Gasteiger partial charge on any atom is -0.394 e. The highest BCUT2D eigenvalue weighted by atomic mass is 19.1. The summed E-state index contributed by atoms with van der Waals surface area (Å²) in [6.45, 7) is 0.694. The number of aliphatic hydroxyl groups excluding tert-OH is 2. The van der Waals surface area contributed by atoms with Gasteiger partial charge in [0.25, 0.3) is 5.91 Å². The number of halogens is 1. The normalized spacial score (nSPS) is 11.2. The molecule has 1 amide bonds. The van der Waals surface area contributed by atoms with E-state index in [1.54, 1.807) is 0 Å². The summed E-state index contributed by atoms with van der Waals surface area (Å²) in [5.41, 5.74) is -0.961. The van der Waals surface area contributed by atoms with Crippen LogP contribution in [0, 0.1) is 5.82 Å². The second-order valence-corrected chi connectivity index (χ2v) is 3.84. The molecule has 1 aromatic rings. The second-order valence-electron chi connectivity index (χ2n) is 3.84. The zero-order chi connectivity index (χ0) is 12.2. The molecule has 1 aromatic carbocycles. The lowest BCUT2D eigenvalue weighted by atomic mass is 10.0. The quantitative estimate of drug-likeness (QED) is 0.693. The lowest BCUT2D eigenvalue weighted by Gasteiger charge is -2.26. The van der Waals surface area contributed by atoms with Crippen LogP contribution in [0.25, 0.3) is 0 Å². The van der Waals surface area contributed by atoms with E-state index in [1.807, 2.05) is 0 Å². The average Bonchev–Trinajstić information content (AvgIpc) is 2.29. The van der Waals surface area contributed by atoms with E-state index in [1.165, 1.54) is 25.1 Å². The van der Waals surface area contributed by atoms with Gasteiger partial charge in [-0.1, -0.05) is 6.07 Å². The molecule has 0 aromatic heterocycles. The molecule has 3 N–H and O–H groups in total.